The molecule has 25 heavy (non-hydrogen) atoms. The van der Waals surface area contributed by atoms with E-state index in [2.05, 4.69) is 31.9 Å². The molecular weight excluding hydrogens is 331 g/mol. The van der Waals surface area contributed by atoms with Gasteiger partial charge in [-0.2, -0.15) is 13.2 Å². The second-order valence-corrected chi connectivity index (χ2v) is 6.77. The Kier molecular flexibility index (Phi) is 4.81. The Hall–Kier alpha value is -1.96. The summed E-state index contributed by atoms with van der Waals surface area (Å²) in [7, 11) is 1.63. The molecule has 2 aliphatic heterocycles. The Morgan fingerprint density at radius 2 is 2.00 bits per heavy atom. The normalized spacial score (nSPS) is 20.5. The van der Waals surface area contributed by atoms with Gasteiger partial charge in [0, 0.05) is 25.6 Å². The van der Waals surface area contributed by atoms with Crippen LogP contribution in [0.15, 0.2) is 22.1 Å². The molecule has 2 aliphatic rings. The third kappa shape index (κ3) is 3.84. The van der Waals surface area contributed by atoms with E-state index in [1.807, 2.05) is 0 Å². The molecule has 1 spiro atoms. The van der Waals surface area contributed by atoms with E-state index in [0.29, 0.717) is 17.2 Å². The van der Waals surface area contributed by atoms with E-state index in [4.69, 9.17) is 0 Å². The molecule has 0 radical (unpaired) electrons. The molecule has 2 saturated heterocycles. The Balaban J connectivity index is 1.83. The highest BCUT2D eigenvalue weighted by Gasteiger charge is 2.45. The number of alkyl halides is 3. The Morgan fingerprint density at radius 1 is 1.32 bits per heavy atom. The average molecular weight is 353 g/mol. The lowest BCUT2D eigenvalue weighted by molar-refractivity contribution is -0.127. The first-order chi connectivity index (χ1) is 11.9. The predicted molar refractivity (Wildman–Crippen MR) is 91.8 cm³/mol. The van der Waals surface area contributed by atoms with Crippen molar-refractivity contribution >= 4 is 18.2 Å². The van der Waals surface area contributed by atoms with Crippen molar-refractivity contribution in [3.63, 3.8) is 0 Å². The van der Waals surface area contributed by atoms with Crippen molar-refractivity contribution < 1.29 is 13.2 Å². The van der Waals surface area contributed by atoms with Crippen molar-refractivity contribution in [2.45, 2.75) is 25.4 Å². The summed E-state index contributed by atoms with van der Waals surface area (Å²) in [4.78, 5) is 14.5. The van der Waals surface area contributed by atoms with Crippen LogP contribution in [0.3, 0.4) is 0 Å². The lowest BCUT2D eigenvalue weighted by atomic mass is 9.72. The molecule has 0 bridgehead atoms. The zero-order chi connectivity index (χ0) is 18.1. The minimum Gasteiger partial charge on any atom is -0.354 e. The Labute approximate surface area is 145 Å². The van der Waals surface area contributed by atoms with Gasteiger partial charge in [0.05, 0.1) is 17.8 Å². The quantitative estimate of drug-likeness (QED) is 0.671. The molecule has 0 amide bonds. The smallest absolute Gasteiger partial charge is 0.354 e. The number of aliphatic imine (C=N–C) groups is 2. The minimum atomic E-state index is -4.30. The van der Waals surface area contributed by atoms with E-state index in [1.54, 1.807) is 7.05 Å². The standard InChI is InChI=1S/C17H22F3N5/c1-21-13-4-3-12(9-17(18,19)20)24-14(13)15(22-2)25-10-16(11-25)5-7-23-8-6-16/h3-4,23H,1,5-11H2,2H3. The largest absolute Gasteiger partial charge is 0.394 e. The average Bonchev–Trinajstić information content (AvgIpc) is 2.54. The lowest BCUT2D eigenvalue weighted by Crippen LogP contribution is -2.61. The van der Waals surface area contributed by atoms with Crippen molar-refractivity contribution in [1.82, 2.24) is 15.2 Å². The summed E-state index contributed by atoms with van der Waals surface area (Å²) in [5, 5.41) is 3.35. The minimum absolute atomic E-state index is 0.0341. The molecule has 3 heterocycles. The molecule has 136 valence electrons. The van der Waals surface area contributed by atoms with Crippen LogP contribution in [0.1, 0.15) is 24.2 Å². The van der Waals surface area contributed by atoms with Crippen LogP contribution in [0.4, 0.5) is 18.9 Å². The Bertz CT molecular complexity index is 669. The van der Waals surface area contributed by atoms with E-state index in [1.165, 1.54) is 12.1 Å². The van der Waals surface area contributed by atoms with Gasteiger partial charge in [0.1, 0.15) is 5.69 Å². The topological polar surface area (TPSA) is 52.9 Å². The number of hydrogen-bond donors (Lipinski definition) is 1. The first-order valence-corrected chi connectivity index (χ1v) is 8.32. The second-order valence-electron chi connectivity index (χ2n) is 6.77. The number of likely N-dealkylation sites (tertiary alicyclic amines) is 1. The van der Waals surface area contributed by atoms with E-state index < -0.39 is 12.6 Å². The maximum atomic E-state index is 12.7. The van der Waals surface area contributed by atoms with Crippen LogP contribution in [0.25, 0.3) is 0 Å². The third-order valence-corrected chi connectivity index (χ3v) is 4.92. The first kappa shape index (κ1) is 17.8. The third-order valence-electron chi connectivity index (χ3n) is 4.92. The fourth-order valence-electron chi connectivity index (χ4n) is 3.67. The van der Waals surface area contributed by atoms with Gasteiger partial charge in [-0.3, -0.25) is 9.98 Å². The van der Waals surface area contributed by atoms with Gasteiger partial charge in [-0.25, -0.2) is 4.98 Å². The maximum absolute atomic E-state index is 12.7. The van der Waals surface area contributed by atoms with Gasteiger partial charge in [-0.15, -0.1) is 0 Å². The molecule has 1 N–H and O–H groups in total. The van der Waals surface area contributed by atoms with E-state index in [-0.39, 0.29) is 11.1 Å². The number of rotatable bonds is 3. The van der Waals surface area contributed by atoms with Crippen LogP contribution in [-0.2, 0) is 6.42 Å². The van der Waals surface area contributed by atoms with Crippen molar-refractivity contribution in [2.24, 2.45) is 15.4 Å². The summed E-state index contributed by atoms with van der Waals surface area (Å²) >= 11 is 0. The number of pyridine rings is 1. The molecule has 2 fully saturated rings. The lowest BCUT2D eigenvalue weighted by Gasteiger charge is -2.53. The van der Waals surface area contributed by atoms with Gasteiger partial charge in [-0.1, -0.05) is 0 Å². The summed E-state index contributed by atoms with van der Waals surface area (Å²) < 4.78 is 38.1. The monoisotopic (exact) mass is 353 g/mol. The van der Waals surface area contributed by atoms with Crippen LogP contribution >= 0.6 is 0 Å². The van der Waals surface area contributed by atoms with Crippen LogP contribution in [-0.4, -0.2) is 61.8 Å². The van der Waals surface area contributed by atoms with E-state index in [0.717, 1.165) is 39.0 Å². The van der Waals surface area contributed by atoms with E-state index >= 15 is 0 Å². The molecule has 1 aromatic heterocycles. The van der Waals surface area contributed by atoms with Gasteiger partial charge < -0.3 is 10.2 Å². The van der Waals surface area contributed by atoms with Gasteiger partial charge >= 0.3 is 6.18 Å². The highest BCUT2D eigenvalue weighted by atomic mass is 19.4. The first-order valence-electron chi connectivity index (χ1n) is 8.32. The van der Waals surface area contributed by atoms with Crippen molar-refractivity contribution in [1.29, 1.82) is 0 Å². The number of nitrogens with zero attached hydrogens (tertiary/aromatic N) is 4. The van der Waals surface area contributed by atoms with Gasteiger partial charge in [0.15, 0.2) is 5.84 Å². The predicted octanol–water partition coefficient (Wildman–Crippen LogP) is 2.58. The summed E-state index contributed by atoms with van der Waals surface area (Å²) in [5.74, 6) is 0.593. The number of amidine groups is 1. The molecule has 1 aromatic rings. The molecule has 0 aliphatic carbocycles. The van der Waals surface area contributed by atoms with Crippen molar-refractivity contribution in [3.05, 3.63) is 23.5 Å². The number of nitrogens with one attached hydrogen (secondary N) is 1. The van der Waals surface area contributed by atoms with Gasteiger partial charge in [-0.05, 0) is 44.8 Å². The molecule has 8 heteroatoms. The summed E-state index contributed by atoms with van der Waals surface area (Å²) in [6, 6.07) is 2.88. The zero-order valence-electron chi connectivity index (χ0n) is 14.2. The van der Waals surface area contributed by atoms with Crippen molar-refractivity contribution in [2.75, 3.05) is 33.2 Å². The molecule has 3 rings (SSSR count). The molecule has 0 unspecified atom stereocenters. The number of halogens is 3. The molecule has 0 atom stereocenters. The summed E-state index contributed by atoms with van der Waals surface area (Å²) in [5.41, 5.74) is 1.08. The van der Waals surface area contributed by atoms with Crippen LogP contribution in [0.5, 0.6) is 0 Å². The molecule has 0 aromatic carbocycles. The molecule has 5 nitrogen and oxygen atoms in total. The number of hydrogen-bond acceptors (Lipinski definition) is 4. The van der Waals surface area contributed by atoms with Crippen LogP contribution < -0.4 is 5.32 Å². The summed E-state index contributed by atoms with van der Waals surface area (Å²) in [6.07, 6.45) is -3.15. The fourth-order valence-corrected chi connectivity index (χ4v) is 3.67. The zero-order valence-corrected chi connectivity index (χ0v) is 14.2. The number of aromatic nitrogens is 1. The van der Waals surface area contributed by atoms with Gasteiger partial charge in [0.2, 0.25) is 0 Å². The van der Waals surface area contributed by atoms with Crippen molar-refractivity contribution in [3.8, 4) is 0 Å². The van der Waals surface area contributed by atoms with Crippen LogP contribution in [0.2, 0.25) is 0 Å². The second kappa shape index (κ2) is 6.74. The highest BCUT2D eigenvalue weighted by molar-refractivity contribution is 6.01. The fraction of sp³-hybridized carbons (Fsp3) is 0.588. The van der Waals surface area contributed by atoms with E-state index in [9.17, 15) is 13.2 Å². The maximum Gasteiger partial charge on any atom is 0.394 e. The Morgan fingerprint density at radius 3 is 2.56 bits per heavy atom. The SMILES string of the molecule is C=Nc1ccc(CC(F)(F)F)nc1C(=NC)N1CC2(CCNCC2)C1. The number of piperidine rings is 1. The molecular formula is C17H22F3N5. The van der Waals surface area contributed by atoms with Crippen LogP contribution in [0, 0.1) is 5.41 Å². The van der Waals surface area contributed by atoms with Gasteiger partial charge in [0.25, 0.3) is 0 Å². The summed E-state index contributed by atoms with van der Waals surface area (Å²) in [6.45, 7) is 7.22. The highest BCUT2D eigenvalue weighted by Crippen LogP contribution is 2.40. The molecule has 0 saturated carbocycles.